The Hall–Kier alpha value is -3.52. The van der Waals surface area contributed by atoms with Gasteiger partial charge in [-0.1, -0.05) is 13.0 Å². The van der Waals surface area contributed by atoms with Gasteiger partial charge in [-0.25, -0.2) is 9.78 Å². The van der Waals surface area contributed by atoms with Crippen molar-refractivity contribution in [2.75, 3.05) is 0 Å². The maximum Gasteiger partial charge on any atom is 0.343 e. The Morgan fingerprint density at radius 2 is 1.85 bits per heavy atom. The van der Waals surface area contributed by atoms with E-state index in [1.54, 1.807) is 17.6 Å². The van der Waals surface area contributed by atoms with E-state index >= 15 is 0 Å². The topological polar surface area (TPSA) is 115 Å². The van der Waals surface area contributed by atoms with Crippen molar-refractivity contribution in [3.05, 3.63) is 56.9 Å². The molecule has 4 bridgehead atoms. The molecular formula is C31H31N3O5. The number of hydrogen-bond acceptors (Lipinski definition) is 7. The zero-order chi connectivity index (χ0) is 26.7. The number of hydrogen-bond donors (Lipinski definition) is 2. The fourth-order valence-electron chi connectivity index (χ4n) is 8.64. The van der Waals surface area contributed by atoms with Crippen LogP contribution in [-0.4, -0.2) is 32.4 Å². The molecule has 0 radical (unpaired) electrons. The van der Waals surface area contributed by atoms with Gasteiger partial charge in [0.1, 0.15) is 18.0 Å². The number of esters is 1. The van der Waals surface area contributed by atoms with Crippen molar-refractivity contribution in [3.8, 4) is 17.1 Å². The number of fused-ring (bicyclic) bond motifs is 5. The lowest BCUT2D eigenvalue weighted by molar-refractivity contribution is -0.172. The average Bonchev–Trinajstić information content (AvgIpc) is 3.29. The summed E-state index contributed by atoms with van der Waals surface area (Å²) in [6, 6.07) is 7.49. The number of cyclic esters (lactones) is 1. The molecule has 4 fully saturated rings. The van der Waals surface area contributed by atoms with E-state index in [1.807, 2.05) is 18.2 Å². The lowest BCUT2D eigenvalue weighted by Crippen LogP contribution is -2.53. The smallest absolute Gasteiger partial charge is 0.343 e. The largest absolute Gasteiger partial charge is 0.486 e. The summed E-state index contributed by atoms with van der Waals surface area (Å²) in [4.78, 5) is 31.3. The van der Waals surface area contributed by atoms with Crippen molar-refractivity contribution < 1.29 is 19.4 Å². The van der Waals surface area contributed by atoms with Gasteiger partial charge in [-0.3, -0.25) is 4.79 Å². The average molecular weight is 526 g/mol. The van der Waals surface area contributed by atoms with Gasteiger partial charge in [-0.2, -0.15) is 0 Å². The van der Waals surface area contributed by atoms with Crippen LogP contribution in [0.1, 0.15) is 74.1 Å². The second-order valence-corrected chi connectivity index (χ2v) is 12.5. The molecule has 2 N–H and O–H groups in total. The molecule has 8 heteroatoms. The molecule has 4 saturated carbocycles. The number of aliphatic hydroxyl groups is 1. The summed E-state index contributed by atoms with van der Waals surface area (Å²) < 4.78 is 14.1. The van der Waals surface area contributed by atoms with E-state index in [9.17, 15) is 14.7 Å². The monoisotopic (exact) mass is 525 g/mol. The number of benzene rings is 1. The highest BCUT2D eigenvalue weighted by atomic mass is 16.6. The van der Waals surface area contributed by atoms with Crippen LogP contribution in [0.4, 0.5) is 0 Å². The first-order valence-corrected chi connectivity index (χ1v) is 14.1. The van der Waals surface area contributed by atoms with Crippen LogP contribution in [0.3, 0.4) is 0 Å². The zero-order valence-corrected chi connectivity index (χ0v) is 22.0. The normalized spacial score (nSPS) is 31.5. The first-order chi connectivity index (χ1) is 18.8. The van der Waals surface area contributed by atoms with Crippen LogP contribution in [0.2, 0.25) is 0 Å². The molecule has 0 unspecified atom stereocenters. The molecule has 0 spiro atoms. The van der Waals surface area contributed by atoms with Crippen molar-refractivity contribution in [2.24, 2.45) is 17.8 Å². The molecule has 200 valence electrons. The summed E-state index contributed by atoms with van der Waals surface area (Å²) in [6.45, 7) is 1.86. The number of nitrogens with one attached hydrogen (secondary N) is 1. The summed E-state index contributed by atoms with van der Waals surface area (Å²) in [7, 11) is 0. The number of nitrogens with zero attached hydrogens (tertiary/aromatic N) is 2. The highest BCUT2D eigenvalue weighted by Crippen LogP contribution is 2.58. The summed E-state index contributed by atoms with van der Waals surface area (Å²) in [5, 5.41) is 19.9. The molecule has 2 aliphatic heterocycles. The Labute approximate surface area is 225 Å². The summed E-state index contributed by atoms with van der Waals surface area (Å²) >= 11 is 0. The highest BCUT2D eigenvalue weighted by Gasteiger charge is 2.53. The van der Waals surface area contributed by atoms with Gasteiger partial charge in [0, 0.05) is 22.7 Å². The third-order valence-corrected chi connectivity index (χ3v) is 10.1. The van der Waals surface area contributed by atoms with E-state index in [1.165, 1.54) is 25.5 Å². The van der Waals surface area contributed by atoms with Crippen LogP contribution in [0, 0.1) is 23.2 Å². The summed E-state index contributed by atoms with van der Waals surface area (Å²) in [6.07, 6.45) is 8.55. The Morgan fingerprint density at radius 3 is 2.51 bits per heavy atom. The second-order valence-electron chi connectivity index (χ2n) is 12.5. The van der Waals surface area contributed by atoms with E-state index < -0.39 is 11.6 Å². The minimum absolute atomic E-state index is 0.104. The van der Waals surface area contributed by atoms with Crippen LogP contribution >= 0.6 is 0 Å². The first-order valence-electron chi connectivity index (χ1n) is 14.1. The Bertz CT molecular complexity index is 1640. The molecule has 2 aromatic heterocycles. The van der Waals surface area contributed by atoms with Crippen molar-refractivity contribution in [1.82, 2.24) is 9.55 Å². The standard InChI is InChI=1S/C31H31N3O5/c1-2-31(37)23-9-25-26-21(14-34(25)28(35)22(23)15-38-29(31)36)27(20-8-16(13-32)3-4-24(20)33-26)39-30-10-17-5-18(11-30)7-19(6-17)12-30/h3-4,8-9,13,17-19,32,37H,2,5-7,10-12,14-15H2,1H3/t17?,18?,19?,30?,31-/m0/s1. The number of aromatic nitrogens is 2. The minimum atomic E-state index is -1.86. The molecule has 0 amide bonds. The number of rotatable bonds is 4. The highest BCUT2D eigenvalue weighted by molar-refractivity contribution is 5.95. The van der Waals surface area contributed by atoms with E-state index in [0.29, 0.717) is 46.8 Å². The fourth-order valence-corrected chi connectivity index (χ4v) is 8.64. The van der Waals surface area contributed by atoms with Crippen LogP contribution in [-0.2, 0) is 28.3 Å². The fraction of sp³-hybridized carbons (Fsp3) is 0.484. The quantitative estimate of drug-likeness (QED) is 0.301. The molecule has 6 aliphatic rings. The van der Waals surface area contributed by atoms with Gasteiger partial charge in [-0.15, -0.1) is 0 Å². The van der Waals surface area contributed by atoms with Crippen molar-refractivity contribution in [3.63, 3.8) is 0 Å². The van der Waals surface area contributed by atoms with Crippen molar-refractivity contribution in [1.29, 1.82) is 5.41 Å². The van der Waals surface area contributed by atoms with E-state index in [2.05, 4.69) is 0 Å². The Morgan fingerprint density at radius 1 is 1.13 bits per heavy atom. The molecule has 3 aromatic rings. The van der Waals surface area contributed by atoms with Gasteiger partial charge in [-0.05, 0) is 86.5 Å². The molecule has 1 atom stereocenters. The number of pyridine rings is 2. The summed E-state index contributed by atoms with van der Waals surface area (Å²) in [5.74, 6) is 2.18. The van der Waals surface area contributed by atoms with Gasteiger partial charge in [0.05, 0.1) is 29.0 Å². The minimum Gasteiger partial charge on any atom is -0.486 e. The van der Waals surface area contributed by atoms with Gasteiger partial charge >= 0.3 is 5.97 Å². The molecule has 0 saturated heterocycles. The predicted octanol–water partition coefficient (Wildman–Crippen LogP) is 4.42. The predicted molar refractivity (Wildman–Crippen MR) is 144 cm³/mol. The molecule has 39 heavy (non-hydrogen) atoms. The Kier molecular flexibility index (Phi) is 4.66. The molecular weight excluding hydrogens is 494 g/mol. The SMILES string of the molecule is CC[C@@]1(O)C(=O)OCc2c1cc1n(c2=O)Cc2c-1nc1ccc(C=N)cc1c2OC12CC3CC(CC(C3)C1)C2. The molecule has 1 aromatic carbocycles. The maximum atomic E-state index is 13.8. The second kappa shape index (κ2) is 7.78. The first kappa shape index (κ1) is 23.4. The third-order valence-electron chi connectivity index (χ3n) is 10.1. The number of ether oxygens (including phenoxy) is 2. The van der Waals surface area contributed by atoms with E-state index in [-0.39, 0.29) is 24.2 Å². The molecule has 4 heterocycles. The maximum absolute atomic E-state index is 13.8. The number of carbonyl (C=O) groups excluding carboxylic acids is 1. The molecule has 8 nitrogen and oxygen atoms in total. The van der Waals surface area contributed by atoms with Crippen LogP contribution < -0.4 is 10.3 Å². The molecule has 9 rings (SSSR count). The lowest BCUT2D eigenvalue weighted by atomic mass is 9.54. The van der Waals surface area contributed by atoms with Crippen molar-refractivity contribution >= 4 is 23.1 Å². The van der Waals surface area contributed by atoms with Crippen LogP contribution in [0.15, 0.2) is 29.1 Å². The number of carbonyl (C=O) groups is 1. The molecule has 4 aliphatic carbocycles. The summed E-state index contributed by atoms with van der Waals surface area (Å²) in [5.41, 5.74) is 1.89. The van der Waals surface area contributed by atoms with Gasteiger partial charge in [0.15, 0.2) is 5.60 Å². The van der Waals surface area contributed by atoms with Crippen LogP contribution in [0.25, 0.3) is 22.3 Å². The third kappa shape index (κ3) is 3.15. The van der Waals surface area contributed by atoms with Gasteiger partial charge in [0.25, 0.3) is 5.56 Å². The lowest BCUT2D eigenvalue weighted by Gasteiger charge is -2.56. The van der Waals surface area contributed by atoms with E-state index in [0.717, 1.165) is 47.0 Å². The van der Waals surface area contributed by atoms with Crippen molar-refractivity contribution in [2.45, 2.75) is 76.2 Å². The van der Waals surface area contributed by atoms with Gasteiger partial charge < -0.3 is 24.6 Å². The van der Waals surface area contributed by atoms with Gasteiger partial charge in [0.2, 0.25) is 0 Å². The van der Waals surface area contributed by atoms with E-state index in [4.69, 9.17) is 19.9 Å². The zero-order valence-electron chi connectivity index (χ0n) is 22.0. The van der Waals surface area contributed by atoms with Crippen LogP contribution in [0.5, 0.6) is 5.75 Å². The Balaban J connectivity index is 1.34.